The molecule has 6 nitrogen and oxygen atoms in total. The van der Waals surface area contributed by atoms with E-state index < -0.39 is 5.97 Å². The van der Waals surface area contributed by atoms with Crippen LogP contribution in [0.5, 0.6) is 11.5 Å². The van der Waals surface area contributed by atoms with Gasteiger partial charge in [0.05, 0.1) is 18.9 Å². The molecule has 3 aromatic carbocycles. The highest BCUT2D eigenvalue weighted by atomic mass is 35.5. The van der Waals surface area contributed by atoms with Gasteiger partial charge in [-0.2, -0.15) is 5.10 Å². The number of carbonyl (C=O) groups excluding carboxylic acids is 2. The molecular weight excluding hydrogens is 392 g/mol. The monoisotopic (exact) mass is 408 g/mol. The van der Waals surface area contributed by atoms with Crippen LogP contribution in [0.1, 0.15) is 26.3 Å². The Morgan fingerprint density at radius 3 is 2.41 bits per heavy atom. The minimum atomic E-state index is -0.498. The molecule has 0 aliphatic rings. The quantitative estimate of drug-likeness (QED) is 0.285. The number of rotatable bonds is 6. The van der Waals surface area contributed by atoms with Crippen LogP contribution in [-0.4, -0.2) is 25.2 Å². The number of esters is 1. The van der Waals surface area contributed by atoms with Gasteiger partial charge in [-0.1, -0.05) is 29.8 Å². The van der Waals surface area contributed by atoms with E-state index in [0.29, 0.717) is 33.2 Å². The van der Waals surface area contributed by atoms with E-state index in [4.69, 9.17) is 21.1 Å². The average Bonchev–Trinajstić information content (AvgIpc) is 2.74. The minimum absolute atomic E-state index is 0.355. The topological polar surface area (TPSA) is 77.0 Å². The number of hydrazone groups is 1. The van der Waals surface area contributed by atoms with Gasteiger partial charge in [0.15, 0.2) is 0 Å². The molecule has 0 aromatic heterocycles. The first-order valence-corrected chi connectivity index (χ1v) is 8.98. The summed E-state index contributed by atoms with van der Waals surface area (Å²) in [7, 11) is 1.53. The molecule has 0 unspecified atom stereocenters. The van der Waals surface area contributed by atoms with Crippen molar-refractivity contribution >= 4 is 29.7 Å². The Balaban J connectivity index is 1.62. The third-order valence-electron chi connectivity index (χ3n) is 3.86. The van der Waals surface area contributed by atoms with Crippen LogP contribution in [-0.2, 0) is 0 Å². The number of benzene rings is 3. The summed E-state index contributed by atoms with van der Waals surface area (Å²) < 4.78 is 10.5. The van der Waals surface area contributed by atoms with Crippen molar-refractivity contribution in [3.05, 3.63) is 94.5 Å². The fourth-order valence-corrected chi connectivity index (χ4v) is 2.53. The Kier molecular flexibility index (Phi) is 6.60. The lowest BCUT2D eigenvalue weighted by Crippen LogP contribution is -2.17. The largest absolute Gasteiger partial charge is 0.497 e. The third-order valence-corrected chi connectivity index (χ3v) is 4.11. The lowest BCUT2D eigenvalue weighted by Gasteiger charge is -2.05. The highest BCUT2D eigenvalue weighted by Crippen LogP contribution is 2.16. The molecule has 3 rings (SSSR count). The SMILES string of the molecule is COc1cccc(C(=O)NN=Cc2cccc(OC(=O)c3ccc(Cl)cc3)c2)c1. The van der Waals surface area contributed by atoms with Crippen molar-refractivity contribution in [2.75, 3.05) is 7.11 Å². The minimum Gasteiger partial charge on any atom is -0.497 e. The maximum Gasteiger partial charge on any atom is 0.343 e. The predicted molar refractivity (Wildman–Crippen MR) is 111 cm³/mol. The van der Waals surface area contributed by atoms with Crippen LogP contribution in [0.3, 0.4) is 0 Å². The van der Waals surface area contributed by atoms with Crippen molar-refractivity contribution in [3.8, 4) is 11.5 Å². The lowest BCUT2D eigenvalue weighted by molar-refractivity contribution is 0.0734. The highest BCUT2D eigenvalue weighted by Gasteiger charge is 2.09. The van der Waals surface area contributed by atoms with Gasteiger partial charge in [-0.25, -0.2) is 10.2 Å². The number of nitrogens with zero attached hydrogens (tertiary/aromatic N) is 1. The summed E-state index contributed by atoms with van der Waals surface area (Å²) in [6.45, 7) is 0. The van der Waals surface area contributed by atoms with Crippen LogP contribution in [0.4, 0.5) is 0 Å². The van der Waals surface area contributed by atoms with Crippen molar-refractivity contribution in [3.63, 3.8) is 0 Å². The maximum absolute atomic E-state index is 12.2. The van der Waals surface area contributed by atoms with Gasteiger partial charge >= 0.3 is 5.97 Å². The second kappa shape index (κ2) is 9.52. The van der Waals surface area contributed by atoms with E-state index in [1.54, 1.807) is 72.8 Å². The van der Waals surface area contributed by atoms with Gasteiger partial charge < -0.3 is 9.47 Å². The Labute approximate surface area is 172 Å². The van der Waals surface area contributed by atoms with Crippen LogP contribution >= 0.6 is 11.6 Å². The van der Waals surface area contributed by atoms with Crippen LogP contribution in [0, 0.1) is 0 Å². The van der Waals surface area contributed by atoms with Crippen LogP contribution in [0.15, 0.2) is 77.9 Å². The first-order chi connectivity index (χ1) is 14.0. The van der Waals surface area contributed by atoms with Crippen molar-refractivity contribution in [1.29, 1.82) is 0 Å². The maximum atomic E-state index is 12.2. The van der Waals surface area contributed by atoms with E-state index in [2.05, 4.69) is 10.5 Å². The van der Waals surface area contributed by atoms with Crippen molar-refractivity contribution in [2.24, 2.45) is 5.10 Å². The molecule has 29 heavy (non-hydrogen) atoms. The van der Waals surface area contributed by atoms with E-state index in [0.717, 1.165) is 0 Å². The summed E-state index contributed by atoms with van der Waals surface area (Å²) in [6.07, 6.45) is 1.46. The van der Waals surface area contributed by atoms with Gasteiger partial charge in [0.25, 0.3) is 5.91 Å². The normalized spacial score (nSPS) is 10.6. The number of ether oxygens (including phenoxy) is 2. The molecule has 0 aliphatic carbocycles. The fraction of sp³-hybridized carbons (Fsp3) is 0.0455. The number of methoxy groups -OCH3 is 1. The van der Waals surface area contributed by atoms with E-state index in [9.17, 15) is 9.59 Å². The van der Waals surface area contributed by atoms with Crippen molar-refractivity contribution in [2.45, 2.75) is 0 Å². The zero-order valence-corrected chi connectivity index (χ0v) is 16.2. The zero-order chi connectivity index (χ0) is 20.6. The second-order valence-corrected chi connectivity index (χ2v) is 6.34. The molecular formula is C22H17ClN2O4. The van der Waals surface area contributed by atoms with Gasteiger partial charge in [-0.15, -0.1) is 0 Å². The molecule has 0 heterocycles. The number of halogens is 1. The smallest absolute Gasteiger partial charge is 0.343 e. The van der Waals surface area contributed by atoms with Crippen LogP contribution < -0.4 is 14.9 Å². The zero-order valence-electron chi connectivity index (χ0n) is 15.5. The lowest BCUT2D eigenvalue weighted by atomic mass is 10.2. The molecule has 0 spiro atoms. The summed E-state index contributed by atoms with van der Waals surface area (Å²) in [4.78, 5) is 24.3. The van der Waals surface area contributed by atoms with Crippen molar-refractivity contribution < 1.29 is 19.1 Å². The molecule has 0 atom stereocenters. The Bertz CT molecular complexity index is 1050. The molecule has 146 valence electrons. The van der Waals surface area contributed by atoms with E-state index in [1.807, 2.05) is 0 Å². The van der Waals surface area contributed by atoms with Crippen LogP contribution in [0.25, 0.3) is 0 Å². The van der Waals surface area contributed by atoms with Gasteiger partial charge in [-0.05, 0) is 60.2 Å². The Morgan fingerprint density at radius 1 is 0.931 bits per heavy atom. The molecule has 0 aliphatic heterocycles. The average molecular weight is 409 g/mol. The fourth-order valence-electron chi connectivity index (χ4n) is 2.40. The molecule has 7 heteroatoms. The Hall–Kier alpha value is -3.64. The first-order valence-electron chi connectivity index (χ1n) is 8.60. The summed E-state index contributed by atoms with van der Waals surface area (Å²) in [5.74, 6) is 0.0670. The molecule has 0 bridgehead atoms. The number of hydrogen-bond acceptors (Lipinski definition) is 5. The Morgan fingerprint density at radius 2 is 1.66 bits per heavy atom. The predicted octanol–water partition coefficient (Wildman–Crippen LogP) is 4.33. The van der Waals surface area contributed by atoms with Gasteiger partial charge in [-0.3, -0.25) is 4.79 Å². The molecule has 0 fully saturated rings. The molecule has 3 aromatic rings. The number of hydrogen-bond donors (Lipinski definition) is 1. The van der Waals surface area contributed by atoms with Gasteiger partial charge in [0.1, 0.15) is 11.5 Å². The molecule has 0 saturated heterocycles. The summed E-state index contributed by atoms with van der Waals surface area (Å²) in [5.41, 5.74) is 3.91. The molecule has 0 saturated carbocycles. The van der Waals surface area contributed by atoms with Gasteiger partial charge in [0.2, 0.25) is 0 Å². The second-order valence-electron chi connectivity index (χ2n) is 5.90. The molecule has 0 radical (unpaired) electrons. The number of carbonyl (C=O) groups is 2. The first kappa shape index (κ1) is 20.1. The summed E-state index contributed by atoms with van der Waals surface area (Å²) >= 11 is 5.82. The van der Waals surface area contributed by atoms with Crippen LogP contribution in [0.2, 0.25) is 5.02 Å². The summed E-state index contributed by atoms with van der Waals surface area (Å²) in [5, 5.41) is 4.48. The standard InChI is InChI=1S/C22H17ClN2O4/c1-28-19-6-3-5-17(13-19)21(26)25-24-14-15-4-2-7-20(12-15)29-22(27)16-8-10-18(23)11-9-16/h2-14H,1H3,(H,25,26). The van der Waals surface area contributed by atoms with E-state index in [-0.39, 0.29) is 5.91 Å². The summed E-state index contributed by atoms with van der Waals surface area (Å²) in [6, 6.07) is 19.9. The van der Waals surface area contributed by atoms with E-state index >= 15 is 0 Å². The number of nitrogens with one attached hydrogen (secondary N) is 1. The van der Waals surface area contributed by atoms with Gasteiger partial charge in [0, 0.05) is 10.6 Å². The number of amides is 1. The molecule has 1 N–H and O–H groups in total. The molecule has 1 amide bonds. The highest BCUT2D eigenvalue weighted by molar-refractivity contribution is 6.30. The third kappa shape index (κ3) is 5.67. The van der Waals surface area contributed by atoms with E-state index in [1.165, 1.54) is 13.3 Å². The van der Waals surface area contributed by atoms with Crippen molar-refractivity contribution in [1.82, 2.24) is 5.43 Å².